The lowest BCUT2D eigenvalue weighted by Crippen LogP contribution is -2.36. The summed E-state index contributed by atoms with van der Waals surface area (Å²) in [5.74, 6) is -1.79. The van der Waals surface area contributed by atoms with Gasteiger partial charge in [-0.1, -0.05) is 18.2 Å². The van der Waals surface area contributed by atoms with Crippen LogP contribution in [-0.2, 0) is 20.8 Å². The van der Waals surface area contributed by atoms with Gasteiger partial charge in [-0.25, -0.2) is 0 Å². The molecule has 0 N–H and O–H groups in total. The third kappa shape index (κ3) is 4.17. The van der Waals surface area contributed by atoms with Crippen molar-refractivity contribution in [2.45, 2.75) is 6.42 Å². The molecule has 0 heterocycles. The topological polar surface area (TPSA) is 141 Å². The van der Waals surface area contributed by atoms with Gasteiger partial charge in [-0.15, -0.1) is 0 Å². The molecule has 150 valence electrons. The Morgan fingerprint density at radius 3 is 2.27 bits per heavy atom. The van der Waals surface area contributed by atoms with Crippen LogP contribution in [0.15, 0.2) is 72.5 Å². The predicted octanol–water partition coefficient (Wildman–Crippen LogP) is 2.67. The molecule has 3 rings (SSSR count). The van der Waals surface area contributed by atoms with E-state index in [1.807, 2.05) is 0 Å². The van der Waals surface area contributed by atoms with Gasteiger partial charge in [0.2, 0.25) is 11.7 Å². The normalized spacial score (nSPS) is 13.0. The van der Waals surface area contributed by atoms with E-state index in [0.717, 1.165) is 41.3 Å². The van der Waals surface area contributed by atoms with Gasteiger partial charge in [0.1, 0.15) is 5.70 Å². The van der Waals surface area contributed by atoms with Crippen molar-refractivity contribution in [2.75, 3.05) is 4.90 Å². The van der Waals surface area contributed by atoms with Crippen LogP contribution in [0.25, 0.3) is 0 Å². The maximum Gasteiger partial charge on any atom is 0.279 e. The van der Waals surface area contributed by atoms with Crippen molar-refractivity contribution in [3.8, 4) is 0 Å². The van der Waals surface area contributed by atoms with Crippen molar-refractivity contribution in [3.63, 3.8) is 0 Å². The molecule has 0 bridgehead atoms. The van der Waals surface area contributed by atoms with Crippen molar-refractivity contribution in [1.82, 2.24) is 0 Å². The Balaban J connectivity index is 2.03. The van der Waals surface area contributed by atoms with E-state index in [-0.39, 0.29) is 16.9 Å². The first-order valence-corrected chi connectivity index (χ1v) is 8.55. The predicted molar refractivity (Wildman–Crippen MR) is 105 cm³/mol. The van der Waals surface area contributed by atoms with E-state index in [1.165, 1.54) is 0 Å². The second kappa shape index (κ2) is 8.27. The Hall–Kier alpha value is -4.47. The number of hydrogen-bond acceptors (Lipinski definition) is 7. The summed E-state index contributed by atoms with van der Waals surface area (Å²) in [5, 5.41) is 22.3. The van der Waals surface area contributed by atoms with Gasteiger partial charge in [-0.3, -0.25) is 39.5 Å². The number of rotatable bonds is 6. The number of carbonyl (C=O) groups is 3. The minimum Gasteiger partial charge on any atom is -0.290 e. The van der Waals surface area contributed by atoms with E-state index >= 15 is 0 Å². The van der Waals surface area contributed by atoms with E-state index < -0.39 is 45.1 Å². The molecule has 10 nitrogen and oxygen atoms in total. The largest absolute Gasteiger partial charge is 0.290 e. The van der Waals surface area contributed by atoms with Crippen molar-refractivity contribution < 1.29 is 24.2 Å². The van der Waals surface area contributed by atoms with Gasteiger partial charge < -0.3 is 0 Å². The number of non-ortho nitro benzene ring substituents is 1. The Bertz CT molecular complexity index is 1140. The lowest BCUT2D eigenvalue weighted by atomic mass is 10.0. The molecule has 0 unspecified atom stereocenters. The summed E-state index contributed by atoms with van der Waals surface area (Å²) in [6.45, 7) is 0. The summed E-state index contributed by atoms with van der Waals surface area (Å²) in [4.78, 5) is 58.9. The zero-order chi connectivity index (χ0) is 21.8. The number of carbonyl (C=O) groups excluding carboxylic acids is 3. The molecular weight excluding hydrogens is 394 g/mol. The summed E-state index contributed by atoms with van der Waals surface area (Å²) >= 11 is 0. The Morgan fingerprint density at radius 1 is 0.933 bits per heavy atom. The van der Waals surface area contributed by atoms with Crippen molar-refractivity contribution in [2.24, 2.45) is 0 Å². The number of nitro benzene ring substituents is 2. The third-order valence-corrected chi connectivity index (χ3v) is 4.25. The first-order chi connectivity index (χ1) is 14.3. The molecule has 0 spiro atoms. The summed E-state index contributed by atoms with van der Waals surface area (Å²) in [5.41, 5.74) is -1.05. The molecule has 0 atom stereocenters. The van der Waals surface area contributed by atoms with Gasteiger partial charge in [-0.2, -0.15) is 0 Å². The Kier molecular flexibility index (Phi) is 5.59. The molecule has 0 saturated heterocycles. The number of nitrogens with zero attached hydrogens (tertiary/aromatic N) is 3. The van der Waals surface area contributed by atoms with E-state index in [0.29, 0.717) is 0 Å². The highest BCUT2D eigenvalue weighted by Gasteiger charge is 2.29. The first kappa shape index (κ1) is 20.3. The summed E-state index contributed by atoms with van der Waals surface area (Å²) in [7, 11) is 0. The summed E-state index contributed by atoms with van der Waals surface area (Å²) < 4.78 is 0. The first-order valence-electron chi connectivity index (χ1n) is 8.55. The average Bonchev–Trinajstić information content (AvgIpc) is 2.71. The van der Waals surface area contributed by atoms with Crippen LogP contribution in [0.4, 0.5) is 17.1 Å². The molecule has 0 aromatic heterocycles. The van der Waals surface area contributed by atoms with Gasteiger partial charge in [0.15, 0.2) is 5.78 Å². The van der Waals surface area contributed by atoms with E-state index in [4.69, 9.17) is 0 Å². The van der Waals surface area contributed by atoms with Crippen LogP contribution in [0.5, 0.6) is 0 Å². The zero-order valence-corrected chi connectivity index (χ0v) is 15.3. The third-order valence-electron chi connectivity index (χ3n) is 4.25. The number of hydrogen-bond donors (Lipinski definition) is 0. The van der Waals surface area contributed by atoms with Gasteiger partial charge in [0, 0.05) is 23.4 Å². The number of benzene rings is 2. The number of amides is 1. The molecule has 0 radical (unpaired) electrons. The molecule has 10 heteroatoms. The molecule has 0 saturated carbocycles. The molecule has 2 aromatic carbocycles. The van der Waals surface area contributed by atoms with Crippen LogP contribution >= 0.6 is 0 Å². The summed E-state index contributed by atoms with van der Waals surface area (Å²) in [6, 6.07) is 11.0. The van der Waals surface area contributed by atoms with Gasteiger partial charge >= 0.3 is 0 Å². The lowest BCUT2D eigenvalue weighted by Gasteiger charge is -2.25. The monoisotopic (exact) mass is 407 g/mol. The van der Waals surface area contributed by atoms with Crippen LogP contribution in [0.2, 0.25) is 0 Å². The lowest BCUT2D eigenvalue weighted by molar-refractivity contribution is -0.394. The van der Waals surface area contributed by atoms with Crippen LogP contribution in [0, 0.1) is 20.2 Å². The molecule has 1 amide bonds. The van der Waals surface area contributed by atoms with Crippen molar-refractivity contribution in [1.29, 1.82) is 0 Å². The SMILES string of the molecule is O=C1C=CC(=O)C(N(C(=O)Cc2ccc([N+](=O)[O-])cc2[N+](=O)[O-])c2ccccc2)=C1. The minimum absolute atomic E-state index is 0.0674. The fraction of sp³-hybridized carbons (Fsp3) is 0.0500. The molecule has 1 aliphatic carbocycles. The van der Waals surface area contributed by atoms with Crippen molar-refractivity contribution >= 4 is 34.5 Å². The fourth-order valence-corrected chi connectivity index (χ4v) is 2.89. The summed E-state index contributed by atoms with van der Waals surface area (Å²) in [6.07, 6.45) is 2.60. The number of anilines is 1. The second-order valence-electron chi connectivity index (χ2n) is 6.20. The zero-order valence-electron chi connectivity index (χ0n) is 15.3. The number of allylic oxidation sites excluding steroid dienone is 3. The fourth-order valence-electron chi connectivity index (χ4n) is 2.89. The minimum atomic E-state index is -0.820. The molecule has 1 aliphatic rings. The van der Waals surface area contributed by atoms with Gasteiger partial charge in [0.25, 0.3) is 11.4 Å². The van der Waals surface area contributed by atoms with Gasteiger partial charge in [-0.05, 0) is 30.4 Å². The number of nitro groups is 2. The Morgan fingerprint density at radius 2 is 1.63 bits per heavy atom. The molecule has 2 aromatic rings. The maximum atomic E-state index is 13.1. The number of para-hydroxylation sites is 1. The quantitative estimate of drug-likeness (QED) is 0.407. The highest BCUT2D eigenvalue weighted by Crippen LogP contribution is 2.28. The molecule has 0 fully saturated rings. The van der Waals surface area contributed by atoms with E-state index in [9.17, 15) is 34.6 Å². The highest BCUT2D eigenvalue weighted by atomic mass is 16.6. The number of ketones is 2. The van der Waals surface area contributed by atoms with Crippen LogP contribution < -0.4 is 4.90 Å². The molecule has 30 heavy (non-hydrogen) atoms. The van der Waals surface area contributed by atoms with Crippen LogP contribution in [0.3, 0.4) is 0 Å². The Labute approximate surface area is 169 Å². The standard InChI is InChI=1S/C20H13N3O7/c24-16-8-9-19(25)18(12-16)21(14-4-2-1-3-5-14)20(26)10-13-6-7-15(22(27)28)11-17(13)23(29)30/h1-9,11-12H,10H2. The smallest absolute Gasteiger partial charge is 0.279 e. The highest BCUT2D eigenvalue weighted by molar-refractivity contribution is 6.22. The maximum absolute atomic E-state index is 13.1. The van der Waals surface area contributed by atoms with Crippen molar-refractivity contribution in [3.05, 3.63) is 98.2 Å². The van der Waals surface area contributed by atoms with E-state index in [2.05, 4.69) is 0 Å². The van der Waals surface area contributed by atoms with Crippen LogP contribution in [0.1, 0.15) is 5.56 Å². The molecule has 0 aliphatic heterocycles. The van der Waals surface area contributed by atoms with Gasteiger partial charge in [0.05, 0.1) is 22.3 Å². The van der Waals surface area contributed by atoms with Crippen LogP contribution in [-0.4, -0.2) is 27.3 Å². The average molecular weight is 407 g/mol. The molecular formula is C20H13N3O7. The second-order valence-corrected chi connectivity index (χ2v) is 6.20. The van der Waals surface area contributed by atoms with E-state index in [1.54, 1.807) is 30.3 Å².